The first-order valence-electron chi connectivity index (χ1n) is 3.27. The summed E-state index contributed by atoms with van der Waals surface area (Å²) in [5.41, 5.74) is 0.840. The van der Waals surface area contributed by atoms with E-state index in [0.29, 0.717) is 13.2 Å². The topological polar surface area (TPSA) is 38.7 Å². The van der Waals surface area contributed by atoms with Crippen molar-refractivity contribution in [1.82, 2.24) is 0 Å². The lowest BCUT2D eigenvalue weighted by Gasteiger charge is -2.26. The van der Waals surface area contributed by atoms with Gasteiger partial charge in [-0.15, -0.1) is 0 Å². The second-order valence-corrected chi connectivity index (χ2v) is 2.50. The predicted molar refractivity (Wildman–Crippen MR) is 36.5 cm³/mol. The molecule has 0 aromatic rings. The molecule has 1 rings (SSSR count). The van der Waals surface area contributed by atoms with Crippen molar-refractivity contribution in [3.05, 3.63) is 12.2 Å². The lowest BCUT2D eigenvalue weighted by Crippen LogP contribution is -2.35. The van der Waals surface area contributed by atoms with Crippen LogP contribution in [0.1, 0.15) is 6.92 Å². The highest BCUT2D eigenvalue weighted by Crippen LogP contribution is 2.11. The summed E-state index contributed by atoms with van der Waals surface area (Å²) in [5.74, 6) is 0. The van der Waals surface area contributed by atoms with Gasteiger partial charge in [-0.25, -0.2) is 0 Å². The average molecular weight is 144 g/mol. The van der Waals surface area contributed by atoms with Crippen LogP contribution in [0, 0.1) is 0 Å². The fourth-order valence-corrected chi connectivity index (χ4v) is 0.778. The Hall–Kier alpha value is -0.380. The van der Waals surface area contributed by atoms with E-state index in [9.17, 15) is 0 Å². The van der Waals surface area contributed by atoms with Crippen LogP contribution in [0.3, 0.4) is 0 Å². The molecule has 0 amide bonds. The van der Waals surface area contributed by atoms with Crippen LogP contribution in [0.2, 0.25) is 0 Å². The minimum Gasteiger partial charge on any atom is -0.388 e. The SMILES string of the molecule is C=C(C)C1OCC(O)CO1. The number of hydrogen-bond acceptors (Lipinski definition) is 3. The number of ether oxygens (including phenoxy) is 2. The van der Waals surface area contributed by atoms with E-state index in [2.05, 4.69) is 6.58 Å². The maximum absolute atomic E-state index is 8.93. The third-order valence-corrected chi connectivity index (χ3v) is 1.28. The molecule has 0 spiro atoms. The van der Waals surface area contributed by atoms with Gasteiger partial charge in [0, 0.05) is 0 Å². The molecule has 0 aromatic heterocycles. The van der Waals surface area contributed by atoms with Crippen molar-refractivity contribution in [3.8, 4) is 0 Å². The summed E-state index contributed by atoms with van der Waals surface area (Å²) in [7, 11) is 0. The van der Waals surface area contributed by atoms with E-state index < -0.39 is 6.10 Å². The fraction of sp³-hybridized carbons (Fsp3) is 0.714. The molecular formula is C7H12O3. The van der Waals surface area contributed by atoms with Crippen molar-refractivity contribution in [2.24, 2.45) is 0 Å². The monoisotopic (exact) mass is 144 g/mol. The van der Waals surface area contributed by atoms with E-state index in [4.69, 9.17) is 14.6 Å². The number of rotatable bonds is 1. The molecule has 3 heteroatoms. The zero-order valence-electron chi connectivity index (χ0n) is 6.04. The quantitative estimate of drug-likeness (QED) is 0.538. The van der Waals surface area contributed by atoms with Gasteiger partial charge in [0.1, 0.15) is 6.10 Å². The van der Waals surface area contributed by atoms with Crippen molar-refractivity contribution >= 4 is 0 Å². The van der Waals surface area contributed by atoms with Crippen LogP contribution in [-0.4, -0.2) is 30.7 Å². The van der Waals surface area contributed by atoms with Crippen LogP contribution in [0.25, 0.3) is 0 Å². The third-order valence-electron chi connectivity index (χ3n) is 1.28. The van der Waals surface area contributed by atoms with Crippen LogP contribution < -0.4 is 0 Å². The number of aliphatic hydroxyl groups excluding tert-OH is 1. The smallest absolute Gasteiger partial charge is 0.179 e. The van der Waals surface area contributed by atoms with Crippen LogP contribution in [0.15, 0.2) is 12.2 Å². The molecule has 0 aliphatic carbocycles. The molecular weight excluding hydrogens is 132 g/mol. The van der Waals surface area contributed by atoms with E-state index >= 15 is 0 Å². The second-order valence-electron chi connectivity index (χ2n) is 2.50. The maximum atomic E-state index is 8.93. The van der Waals surface area contributed by atoms with Gasteiger partial charge in [-0.2, -0.15) is 0 Å². The van der Waals surface area contributed by atoms with Gasteiger partial charge < -0.3 is 14.6 Å². The minimum atomic E-state index is -0.476. The Morgan fingerprint density at radius 2 is 2.00 bits per heavy atom. The third kappa shape index (κ3) is 1.80. The number of aliphatic hydroxyl groups is 1. The summed E-state index contributed by atoms with van der Waals surface area (Å²) in [6.45, 7) is 6.20. The summed E-state index contributed by atoms with van der Waals surface area (Å²) in [4.78, 5) is 0. The van der Waals surface area contributed by atoms with Crippen molar-refractivity contribution in [3.63, 3.8) is 0 Å². The molecule has 1 heterocycles. The predicted octanol–water partition coefficient (Wildman–Crippen LogP) is 0.296. The largest absolute Gasteiger partial charge is 0.388 e. The molecule has 10 heavy (non-hydrogen) atoms. The summed E-state index contributed by atoms with van der Waals surface area (Å²) in [6, 6.07) is 0. The lowest BCUT2D eigenvalue weighted by atomic mass is 10.3. The zero-order chi connectivity index (χ0) is 7.56. The molecule has 0 atom stereocenters. The first-order chi connectivity index (χ1) is 4.70. The van der Waals surface area contributed by atoms with Gasteiger partial charge in [0.05, 0.1) is 13.2 Å². The highest BCUT2D eigenvalue weighted by atomic mass is 16.7. The average Bonchev–Trinajstić information content (AvgIpc) is 1.88. The molecule has 0 bridgehead atoms. The molecule has 58 valence electrons. The Morgan fingerprint density at radius 3 is 2.40 bits per heavy atom. The molecule has 1 fully saturated rings. The molecule has 1 saturated heterocycles. The van der Waals surface area contributed by atoms with E-state index in [1.165, 1.54) is 0 Å². The summed E-state index contributed by atoms with van der Waals surface area (Å²) in [6.07, 6.45) is -0.793. The fourth-order valence-electron chi connectivity index (χ4n) is 0.778. The Labute approximate surface area is 60.3 Å². The van der Waals surface area contributed by atoms with Crippen LogP contribution in [0.5, 0.6) is 0 Å². The van der Waals surface area contributed by atoms with Gasteiger partial charge in [0.2, 0.25) is 0 Å². The molecule has 0 saturated carbocycles. The van der Waals surface area contributed by atoms with Crippen LogP contribution >= 0.6 is 0 Å². The van der Waals surface area contributed by atoms with Gasteiger partial charge in [-0.1, -0.05) is 6.58 Å². The number of hydrogen-bond donors (Lipinski definition) is 1. The van der Waals surface area contributed by atoms with E-state index in [1.54, 1.807) is 0 Å². The molecule has 1 aliphatic heterocycles. The minimum absolute atomic E-state index is 0.316. The van der Waals surface area contributed by atoms with E-state index in [0.717, 1.165) is 5.57 Å². The van der Waals surface area contributed by atoms with Crippen LogP contribution in [-0.2, 0) is 9.47 Å². The standard InChI is InChI=1S/C7H12O3/c1-5(2)7-9-3-6(8)4-10-7/h6-8H,1,3-4H2,2H3. The first-order valence-corrected chi connectivity index (χ1v) is 3.27. The van der Waals surface area contributed by atoms with Crippen LogP contribution in [0.4, 0.5) is 0 Å². The van der Waals surface area contributed by atoms with Gasteiger partial charge in [0.25, 0.3) is 0 Å². The first kappa shape index (κ1) is 7.72. The Bertz CT molecular complexity index is 125. The Kier molecular flexibility index (Phi) is 2.43. The highest BCUT2D eigenvalue weighted by molar-refractivity contribution is 4.93. The summed E-state index contributed by atoms with van der Waals surface area (Å²) >= 11 is 0. The lowest BCUT2D eigenvalue weighted by molar-refractivity contribution is -0.197. The second kappa shape index (κ2) is 3.14. The van der Waals surface area contributed by atoms with Gasteiger partial charge in [-0.3, -0.25) is 0 Å². The molecule has 0 unspecified atom stereocenters. The van der Waals surface area contributed by atoms with E-state index in [-0.39, 0.29) is 6.29 Å². The van der Waals surface area contributed by atoms with Gasteiger partial charge >= 0.3 is 0 Å². The Balaban J connectivity index is 2.33. The summed E-state index contributed by atoms with van der Waals surface area (Å²) < 4.78 is 10.2. The van der Waals surface area contributed by atoms with Crippen molar-refractivity contribution in [2.75, 3.05) is 13.2 Å². The van der Waals surface area contributed by atoms with Crippen molar-refractivity contribution in [1.29, 1.82) is 0 Å². The molecule has 3 nitrogen and oxygen atoms in total. The van der Waals surface area contributed by atoms with Crippen molar-refractivity contribution in [2.45, 2.75) is 19.3 Å². The van der Waals surface area contributed by atoms with Gasteiger partial charge in [-0.05, 0) is 12.5 Å². The molecule has 1 N–H and O–H groups in total. The zero-order valence-corrected chi connectivity index (χ0v) is 6.04. The molecule has 0 aromatic carbocycles. The molecule has 1 aliphatic rings. The summed E-state index contributed by atoms with van der Waals surface area (Å²) in [5, 5.41) is 8.93. The van der Waals surface area contributed by atoms with Gasteiger partial charge in [0.15, 0.2) is 6.29 Å². The Morgan fingerprint density at radius 1 is 1.50 bits per heavy atom. The normalized spacial score (nSPS) is 33.8. The van der Waals surface area contributed by atoms with Crippen molar-refractivity contribution < 1.29 is 14.6 Å². The van der Waals surface area contributed by atoms with E-state index in [1.807, 2.05) is 6.92 Å². The maximum Gasteiger partial charge on any atom is 0.179 e. The highest BCUT2D eigenvalue weighted by Gasteiger charge is 2.19. The molecule has 0 radical (unpaired) electrons.